The number of amides is 2. The summed E-state index contributed by atoms with van der Waals surface area (Å²) in [6, 6.07) is 45.9. The van der Waals surface area contributed by atoms with Crippen LogP contribution in [0.2, 0.25) is 0 Å². The molecule has 0 aromatic heterocycles. The number of carbonyl (C=O) groups is 2. The molecule has 0 bridgehead atoms. The fourth-order valence-electron chi connectivity index (χ4n) is 12.7. The molecule has 2 amide bonds. The molecular weight excluding hydrogens is 735 g/mol. The van der Waals surface area contributed by atoms with Crippen molar-refractivity contribution in [1.82, 2.24) is 0 Å². The number of allylic oxidation sites excluding steroid dienone is 1. The van der Waals surface area contributed by atoms with Crippen molar-refractivity contribution in [3.8, 4) is 0 Å². The first-order valence-corrected chi connectivity index (χ1v) is 21.0. The number of rotatable bonds is 0. The monoisotopic (exact) mass is 763 g/mol. The minimum absolute atomic E-state index is 0.00527. The zero-order valence-corrected chi connectivity index (χ0v) is 32.0. The summed E-state index contributed by atoms with van der Waals surface area (Å²) >= 11 is 0. The van der Waals surface area contributed by atoms with Crippen LogP contribution in [-0.4, -0.2) is 17.5 Å². The second-order valence-electron chi connectivity index (χ2n) is 17.5. The molecular formula is C55H29N3O2. The molecule has 2 unspecified atom stereocenters. The van der Waals surface area contributed by atoms with Crippen LogP contribution in [0.4, 0.5) is 11.4 Å². The Hall–Kier alpha value is -7.63. The second kappa shape index (κ2) is 9.96. The molecule has 60 heavy (non-hydrogen) atoms. The fourth-order valence-corrected chi connectivity index (χ4v) is 12.7. The quantitative estimate of drug-likeness (QED) is 0.114. The van der Waals surface area contributed by atoms with Crippen LogP contribution in [0.3, 0.4) is 0 Å². The Morgan fingerprint density at radius 2 is 1.02 bits per heavy atom. The first-order chi connectivity index (χ1) is 29.6. The van der Waals surface area contributed by atoms with Gasteiger partial charge in [-0.05, 0) is 117 Å². The maximum absolute atomic E-state index is 14.8. The fraction of sp³-hybridized carbons (Fsp3) is 0.0727. The highest BCUT2D eigenvalue weighted by atomic mass is 16.2. The van der Waals surface area contributed by atoms with E-state index < -0.39 is 6.17 Å². The zero-order chi connectivity index (χ0) is 38.9. The highest BCUT2D eigenvalue weighted by Crippen LogP contribution is 2.54. The van der Waals surface area contributed by atoms with Gasteiger partial charge >= 0.3 is 0 Å². The molecule has 0 saturated heterocycles. The van der Waals surface area contributed by atoms with Crippen LogP contribution < -0.4 is 9.80 Å². The number of hydrogen-bond acceptors (Lipinski definition) is 3. The van der Waals surface area contributed by atoms with Crippen molar-refractivity contribution in [3.63, 3.8) is 0 Å². The van der Waals surface area contributed by atoms with Gasteiger partial charge in [0.25, 0.3) is 11.8 Å². The lowest BCUT2D eigenvalue weighted by molar-refractivity contribution is 0.0966. The van der Waals surface area contributed by atoms with Crippen molar-refractivity contribution < 1.29 is 9.59 Å². The van der Waals surface area contributed by atoms with Gasteiger partial charge in [-0.15, -0.1) is 0 Å². The number of anilines is 2. The van der Waals surface area contributed by atoms with Crippen LogP contribution in [-0.2, 0) is 6.42 Å². The normalized spacial score (nSPS) is 18.6. The van der Waals surface area contributed by atoms with Crippen LogP contribution in [0.5, 0.6) is 0 Å². The van der Waals surface area contributed by atoms with Crippen LogP contribution in [0, 0.1) is 0 Å². The molecule has 0 radical (unpaired) electrons. The highest BCUT2D eigenvalue weighted by molar-refractivity contribution is 6.44. The Kier molecular flexibility index (Phi) is 5.06. The van der Waals surface area contributed by atoms with Crippen LogP contribution >= 0.6 is 0 Å². The molecule has 0 spiro atoms. The van der Waals surface area contributed by atoms with Gasteiger partial charge in [-0.3, -0.25) is 24.4 Å². The average Bonchev–Trinajstić information content (AvgIpc) is 3.29. The summed E-state index contributed by atoms with van der Waals surface area (Å²) in [4.78, 5) is 38.8. The molecule has 2 atom stereocenters. The van der Waals surface area contributed by atoms with Gasteiger partial charge in [-0.25, -0.2) is 0 Å². The maximum atomic E-state index is 14.8. The number of benzene rings is 11. The average molecular weight is 764 g/mol. The number of nitrogens with zero attached hydrogens (tertiary/aromatic N) is 3. The van der Waals surface area contributed by atoms with E-state index in [2.05, 4.69) is 144 Å². The third kappa shape index (κ3) is 3.25. The van der Waals surface area contributed by atoms with Crippen molar-refractivity contribution in [1.29, 1.82) is 0 Å². The van der Waals surface area contributed by atoms with Crippen molar-refractivity contribution >= 4 is 121 Å². The third-order valence-corrected chi connectivity index (χ3v) is 15.0. The molecule has 5 nitrogen and oxygen atoms in total. The first-order valence-electron chi connectivity index (χ1n) is 21.0. The Morgan fingerprint density at radius 3 is 1.70 bits per heavy atom. The summed E-state index contributed by atoms with van der Waals surface area (Å²) in [7, 11) is 0. The van der Waals surface area contributed by atoms with E-state index in [0.29, 0.717) is 0 Å². The van der Waals surface area contributed by atoms with E-state index in [9.17, 15) is 9.59 Å². The largest absolute Gasteiger partial charge is 0.300 e. The number of aliphatic imine (C=N–C) groups is 1. The van der Waals surface area contributed by atoms with Crippen molar-refractivity contribution in [3.05, 3.63) is 172 Å². The van der Waals surface area contributed by atoms with Gasteiger partial charge in [0, 0.05) is 44.8 Å². The maximum Gasteiger partial charge on any atom is 0.260 e. The van der Waals surface area contributed by atoms with E-state index in [0.717, 1.165) is 84.7 Å². The summed E-state index contributed by atoms with van der Waals surface area (Å²) in [5.41, 5.74) is 10.3. The molecule has 5 heteroatoms. The molecule has 276 valence electrons. The van der Waals surface area contributed by atoms with Crippen LogP contribution in [0.1, 0.15) is 67.2 Å². The minimum atomic E-state index is -0.412. The van der Waals surface area contributed by atoms with Gasteiger partial charge in [-0.1, -0.05) is 115 Å². The van der Waals surface area contributed by atoms with E-state index in [1.807, 2.05) is 4.90 Å². The topological polar surface area (TPSA) is 53.0 Å². The summed E-state index contributed by atoms with van der Waals surface area (Å²) in [5, 5.41) is 18.8. The first kappa shape index (κ1) is 30.4. The molecule has 5 aliphatic rings. The summed E-state index contributed by atoms with van der Waals surface area (Å²) in [5.74, 6) is 0.0855. The lowest BCUT2D eigenvalue weighted by Gasteiger charge is -2.41. The van der Waals surface area contributed by atoms with Crippen molar-refractivity contribution in [2.24, 2.45) is 4.99 Å². The van der Waals surface area contributed by atoms with E-state index in [4.69, 9.17) is 4.99 Å². The van der Waals surface area contributed by atoms with Crippen molar-refractivity contribution in [2.45, 2.75) is 25.0 Å². The molecule has 4 aliphatic heterocycles. The van der Waals surface area contributed by atoms with Crippen LogP contribution in [0.25, 0.3) is 92.3 Å². The molecule has 16 rings (SSSR count). The Labute approximate surface area is 341 Å². The predicted molar refractivity (Wildman–Crippen MR) is 245 cm³/mol. The number of carbonyl (C=O) groups excluding carboxylic acids is 2. The lowest BCUT2D eigenvalue weighted by atomic mass is 9.78. The smallest absolute Gasteiger partial charge is 0.260 e. The SMILES string of the molecule is O=C1c2ccc3c4ccc5c6ccc7c8c(ccc(c9ccc(c%10ccc(c2c%103)C2Cc3cccc%10cccc(c3%10)N12)c4c95)c86)C(=O)N1c2cccc3c2C(=NC71)CC=C3. The zero-order valence-electron chi connectivity index (χ0n) is 32.0. The van der Waals surface area contributed by atoms with Crippen LogP contribution in [0.15, 0.2) is 138 Å². The van der Waals surface area contributed by atoms with Gasteiger partial charge in [0.15, 0.2) is 6.17 Å². The van der Waals surface area contributed by atoms with E-state index in [1.165, 1.54) is 70.4 Å². The van der Waals surface area contributed by atoms with Gasteiger partial charge in [-0.2, -0.15) is 0 Å². The molecule has 0 fully saturated rings. The molecule has 11 aromatic carbocycles. The van der Waals surface area contributed by atoms with E-state index in [1.54, 1.807) is 0 Å². The number of fused-ring (bicyclic) bond motifs is 10. The van der Waals surface area contributed by atoms with E-state index in [-0.39, 0.29) is 17.9 Å². The molecule has 4 heterocycles. The summed E-state index contributed by atoms with van der Waals surface area (Å²) < 4.78 is 0. The summed E-state index contributed by atoms with van der Waals surface area (Å²) in [6.07, 6.45) is 5.46. The molecule has 1 aliphatic carbocycles. The minimum Gasteiger partial charge on any atom is -0.300 e. The Bertz CT molecular complexity index is 3950. The number of hydrogen-bond donors (Lipinski definition) is 0. The van der Waals surface area contributed by atoms with Gasteiger partial charge in [0.05, 0.1) is 23.1 Å². The lowest BCUT2D eigenvalue weighted by Crippen LogP contribution is -2.41. The standard InChI is InChI=1S/C55H29N3O2/c59-54-39-23-19-35-31-15-14-30-34-18-22-38-52-40(55(60)58-43-12-4-8-27-6-2-10-41(46(27)43)56-53(38)58)24-20-36(50(34)52)32-16-13-29(47(31)48(30)32)33-17-21-37(51(39)49(33)35)44-25-28-9-1-5-26-7-3-11-42(45(26)28)57(44)54/h1-9,11-24,44,53H,10,25H2. The predicted octanol–water partition coefficient (Wildman–Crippen LogP) is 12.9. The van der Waals surface area contributed by atoms with Crippen molar-refractivity contribution in [2.75, 3.05) is 9.80 Å². The molecule has 0 N–H and O–H groups in total. The van der Waals surface area contributed by atoms with Gasteiger partial charge < -0.3 is 0 Å². The Morgan fingerprint density at radius 1 is 0.483 bits per heavy atom. The second-order valence-corrected chi connectivity index (χ2v) is 17.5. The highest BCUT2D eigenvalue weighted by Gasteiger charge is 2.42. The van der Waals surface area contributed by atoms with E-state index >= 15 is 0 Å². The Balaban J connectivity index is 0.956. The molecule has 11 aromatic rings. The molecule has 0 saturated carbocycles. The van der Waals surface area contributed by atoms with Gasteiger partial charge in [0.1, 0.15) is 0 Å². The van der Waals surface area contributed by atoms with Gasteiger partial charge in [0.2, 0.25) is 0 Å². The summed E-state index contributed by atoms with van der Waals surface area (Å²) in [6.45, 7) is 0. The third-order valence-electron chi connectivity index (χ3n) is 15.0.